The number of nitrogens with zero attached hydrogens (tertiary/aromatic N) is 3. The third-order valence-electron chi connectivity index (χ3n) is 2.15. The van der Waals surface area contributed by atoms with Crippen molar-refractivity contribution >= 4 is 0 Å². The molecule has 9 heteroatoms. The molecule has 0 aromatic carbocycles. The van der Waals surface area contributed by atoms with Gasteiger partial charge in [0, 0.05) is 13.5 Å². The second kappa shape index (κ2) is 6.10. The topological polar surface area (TPSA) is 60.2 Å². The molecule has 0 bridgehead atoms. The Labute approximate surface area is 100 Å². The summed E-state index contributed by atoms with van der Waals surface area (Å²) < 4.78 is 54.2. The van der Waals surface area contributed by atoms with E-state index in [1.165, 1.54) is 11.0 Å². The van der Waals surface area contributed by atoms with Gasteiger partial charge in [-0.15, -0.1) is 0 Å². The number of halogens is 4. The quantitative estimate of drug-likeness (QED) is 0.739. The fraction of sp³-hybridized carbons (Fsp3) is 0.778. The van der Waals surface area contributed by atoms with Crippen molar-refractivity contribution in [1.29, 1.82) is 0 Å². The summed E-state index contributed by atoms with van der Waals surface area (Å²) in [6.07, 6.45) is -3.58. The third-order valence-corrected chi connectivity index (χ3v) is 2.15. The number of aliphatic hydroxyl groups is 1. The van der Waals surface area contributed by atoms with Crippen LogP contribution in [-0.4, -0.2) is 51.5 Å². The van der Waals surface area contributed by atoms with E-state index in [-0.39, 0.29) is 6.42 Å². The van der Waals surface area contributed by atoms with Crippen molar-refractivity contribution in [2.45, 2.75) is 24.9 Å². The Balaban J connectivity index is 2.30. The molecule has 1 atom stereocenters. The Morgan fingerprint density at radius 1 is 1.50 bits per heavy atom. The molecule has 0 fully saturated rings. The van der Waals surface area contributed by atoms with Gasteiger partial charge >= 0.3 is 12.3 Å². The third kappa shape index (κ3) is 4.22. The van der Waals surface area contributed by atoms with E-state index in [2.05, 4.69) is 14.8 Å². The Morgan fingerprint density at radius 3 is 2.67 bits per heavy atom. The minimum Gasteiger partial charge on any atom is -0.390 e. The number of rotatable bonds is 7. The van der Waals surface area contributed by atoms with Crippen LogP contribution in [0, 0.1) is 0 Å². The summed E-state index contributed by atoms with van der Waals surface area (Å²) in [7, 11) is 1.60. The first-order valence-electron chi connectivity index (χ1n) is 5.07. The smallest absolute Gasteiger partial charge is 0.330 e. The summed E-state index contributed by atoms with van der Waals surface area (Å²) in [5.74, 6) is -3.77. The molecule has 1 N–H and O–H groups in total. The van der Waals surface area contributed by atoms with Crippen LogP contribution in [0.5, 0.6) is 0 Å². The number of aromatic nitrogens is 3. The molecule has 1 aromatic rings. The molecular weight excluding hydrogens is 258 g/mol. The maximum atomic E-state index is 12.5. The lowest BCUT2D eigenvalue weighted by atomic mass is 10.2. The summed E-state index contributed by atoms with van der Waals surface area (Å²) in [5, 5.41) is 13.2. The van der Waals surface area contributed by atoms with Crippen molar-refractivity contribution < 1.29 is 27.4 Å². The fourth-order valence-corrected chi connectivity index (χ4v) is 1.17. The summed E-state index contributed by atoms with van der Waals surface area (Å²) in [6, 6.07) is 0. The molecule has 0 saturated heterocycles. The molecule has 5 nitrogen and oxygen atoms in total. The molecule has 0 radical (unpaired) electrons. The van der Waals surface area contributed by atoms with Crippen molar-refractivity contribution in [2.24, 2.45) is 7.05 Å². The van der Waals surface area contributed by atoms with Crippen LogP contribution in [0.1, 0.15) is 5.82 Å². The van der Waals surface area contributed by atoms with Gasteiger partial charge < -0.3 is 9.84 Å². The van der Waals surface area contributed by atoms with Gasteiger partial charge in [-0.25, -0.2) is 13.8 Å². The molecule has 18 heavy (non-hydrogen) atoms. The molecule has 0 aliphatic heterocycles. The highest BCUT2D eigenvalue weighted by atomic mass is 19.3. The van der Waals surface area contributed by atoms with Gasteiger partial charge in [0.05, 0.1) is 12.7 Å². The highest BCUT2D eigenvalue weighted by Gasteiger charge is 2.41. The van der Waals surface area contributed by atoms with Crippen LogP contribution in [0.2, 0.25) is 0 Å². The average Bonchev–Trinajstić information content (AvgIpc) is 2.64. The van der Waals surface area contributed by atoms with E-state index < -0.39 is 31.7 Å². The van der Waals surface area contributed by atoms with Crippen LogP contribution in [0.25, 0.3) is 0 Å². The van der Waals surface area contributed by atoms with Gasteiger partial charge in [0.25, 0.3) is 0 Å². The molecule has 1 unspecified atom stereocenters. The Kier molecular flexibility index (Phi) is 5.03. The van der Waals surface area contributed by atoms with Gasteiger partial charge in [-0.2, -0.15) is 13.9 Å². The first-order chi connectivity index (χ1) is 8.33. The summed E-state index contributed by atoms with van der Waals surface area (Å²) in [6.45, 7) is -1.91. The van der Waals surface area contributed by atoms with E-state index in [4.69, 9.17) is 0 Å². The Morgan fingerprint density at radius 2 is 2.17 bits per heavy atom. The number of aryl methyl sites for hydroxylation is 1. The van der Waals surface area contributed by atoms with Crippen LogP contribution in [0.15, 0.2) is 6.33 Å². The summed E-state index contributed by atoms with van der Waals surface area (Å²) in [4.78, 5) is 3.81. The second-order valence-electron chi connectivity index (χ2n) is 3.73. The van der Waals surface area contributed by atoms with E-state index in [0.717, 1.165) is 0 Å². The lowest BCUT2D eigenvalue weighted by Gasteiger charge is -2.16. The predicted molar refractivity (Wildman–Crippen MR) is 52.5 cm³/mol. The van der Waals surface area contributed by atoms with Gasteiger partial charge in [0.15, 0.2) is 0 Å². The van der Waals surface area contributed by atoms with Crippen molar-refractivity contribution in [3.05, 3.63) is 12.2 Å². The number of alkyl halides is 4. The van der Waals surface area contributed by atoms with Crippen molar-refractivity contribution in [3.63, 3.8) is 0 Å². The average molecular weight is 271 g/mol. The molecule has 1 aromatic heterocycles. The summed E-state index contributed by atoms with van der Waals surface area (Å²) in [5.41, 5.74) is 0. The Hall–Kier alpha value is -1.22. The molecule has 1 heterocycles. The van der Waals surface area contributed by atoms with E-state index in [0.29, 0.717) is 5.82 Å². The minimum atomic E-state index is -4.20. The lowest BCUT2D eigenvalue weighted by Crippen LogP contribution is -2.34. The number of hydrogen-bond acceptors (Lipinski definition) is 4. The summed E-state index contributed by atoms with van der Waals surface area (Å²) >= 11 is 0. The molecule has 1 rings (SSSR count). The molecular formula is C9H13F4N3O2. The molecule has 0 saturated carbocycles. The number of ether oxygens (including phenoxy) is 1. The predicted octanol–water partition coefficient (Wildman–Crippen LogP) is 0.635. The van der Waals surface area contributed by atoms with Gasteiger partial charge in [-0.05, 0) is 0 Å². The fourth-order valence-electron chi connectivity index (χ4n) is 1.17. The molecule has 0 aliphatic rings. The van der Waals surface area contributed by atoms with Crippen LogP contribution < -0.4 is 0 Å². The minimum absolute atomic E-state index is 0.0384. The monoisotopic (exact) mass is 271 g/mol. The normalized spacial score (nSPS) is 14.2. The lowest BCUT2D eigenvalue weighted by molar-refractivity contribution is -0.170. The SMILES string of the molecule is Cn1ncnc1CC(O)COCC(F)(F)C(F)F. The van der Waals surface area contributed by atoms with Crippen LogP contribution in [-0.2, 0) is 18.2 Å². The van der Waals surface area contributed by atoms with Crippen molar-refractivity contribution in [3.8, 4) is 0 Å². The van der Waals surface area contributed by atoms with E-state index in [1.807, 2.05) is 0 Å². The van der Waals surface area contributed by atoms with Crippen LogP contribution >= 0.6 is 0 Å². The van der Waals surface area contributed by atoms with Crippen LogP contribution in [0.3, 0.4) is 0 Å². The molecule has 0 aliphatic carbocycles. The zero-order chi connectivity index (χ0) is 13.8. The molecule has 0 amide bonds. The highest BCUT2D eigenvalue weighted by molar-refractivity contribution is 4.86. The van der Waals surface area contributed by atoms with Crippen LogP contribution in [0.4, 0.5) is 17.6 Å². The largest absolute Gasteiger partial charge is 0.390 e. The number of hydrogen-bond donors (Lipinski definition) is 1. The van der Waals surface area contributed by atoms with Gasteiger partial charge in [-0.1, -0.05) is 0 Å². The first kappa shape index (κ1) is 14.8. The Bertz CT molecular complexity index is 372. The number of aliphatic hydroxyl groups excluding tert-OH is 1. The van der Waals surface area contributed by atoms with E-state index >= 15 is 0 Å². The van der Waals surface area contributed by atoms with E-state index in [1.54, 1.807) is 7.05 Å². The maximum absolute atomic E-state index is 12.5. The van der Waals surface area contributed by atoms with Crippen molar-refractivity contribution in [1.82, 2.24) is 14.8 Å². The standard InChI is InChI=1S/C9H13F4N3O2/c1-16-7(14-5-15-16)2-6(17)3-18-4-9(12,13)8(10)11/h5-6,8,17H,2-4H2,1H3. The van der Waals surface area contributed by atoms with Gasteiger partial charge in [0.1, 0.15) is 18.8 Å². The molecule has 104 valence electrons. The van der Waals surface area contributed by atoms with E-state index in [9.17, 15) is 22.7 Å². The van der Waals surface area contributed by atoms with Gasteiger partial charge in [0.2, 0.25) is 0 Å². The van der Waals surface area contributed by atoms with Crippen molar-refractivity contribution in [2.75, 3.05) is 13.2 Å². The highest BCUT2D eigenvalue weighted by Crippen LogP contribution is 2.22. The zero-order valence-corrected chi connectivity index (χ0v) is 9.56. The first-order valence-corrected chi connectivity index (χ1v) is 5.07. The maximum Gasteiger partial charge on any atom is 0.330 e. The molecule has 0 spiro atoms. The zero-order valence-electron chi connectivity index (χ0n) is 9.56. The van der Waals surface area contributed by atoms with Gasteiger partial charge in [-0.3, -0.25) is 4.68 Å². The second-order valence-corrected chi connectivity index (χ2v) is 3.73.